The van der Waals surface area contributed by atoms with Gasteiger partial charge in [0.1, 0.15) is 5.75 Å². The van der Waals surface area contributed by atoms with Crippen LogP contribution in [0.4, 0.5) is 0 Å². The molecule has 3 heteroatoms. The maximum atomic E-state index is 5.78. The van der Waals surface area contributed by atoms with Gasteiger partial charge in [0, 0.05) is 28.7 Å². The first kappa shape index (κ1) is 12.5. The summed E-state index contributed by atoms with van der Waals surface area (Å²) in [5.41, 5.74) is 4.05. The first-order valence-electron chi connectivity index (χ1n) is 7.08. The molecule has 0 bridgehead atoms. The van der Waals surface area contributed by atoms with Crippen molar-refractivity contribution >= 4 is 10.9 Å². The van der Waals surface area contributed by atoms with Gasteiger partial charge in [-0.15, -0.1) is 0 Å². The molecule has 1 N–H and O–H groups in total. The molecule has 3 rings (SSSR count). The van der Waals surface area contributed by atoms with E-state index in [-0.39, 0.29) is 0 Å². The minimum Gasteiger partial charge on any atom is -0.493 e. The number of hydrogen-bond donors (Lipinski definition) is 1. The van der Waals surface area contributed by atoms with E-state index in [4.69, 9.17) is 4.74 Å². The molecule has 102 valence electrons. The van der Waals surface area contributed by atoms with Crippen molar-refractivity contribution in [1.82, 2.24) is 9.88 Å². The Morgan fingerprint density at radius 2 is 2.21 bits per heavy atom. The minimum absolute atomic E-state index is 0.541. The van der Waals surface area contributed by atoms with Crippen molar-refractivity contribution in [1.29, 1.82) is 0 Å². The van der Waals surface area contributed by atoms with Gasteiger partial charge in [0.15, 0.2) is 0 Å². The van der Waals surface area contributed by atoms with E-state index in [1.54, 1.807) is 0 Å². The molecule has 0 saturated heterocycles. The average molecular weight is 258 g/mol. The van der Waals surface area contributed by atoms with Gasteiger partial charge in [0.05, 0.1) is 6.61 Å². The van der Waals surface area contributed by atoms with Crippen molar-refractivity contribution in [3.8, 4) is 5.75 Å². The van der Waals surface area contributed by atoms with Crippen molar-refractivity contribution in [3.05, 3.63) is 29.5 Å². The van der Waals surface area contributed by atoms with Crippen LogP contribution in [-0.4, -0.2) is 36.6 Å². The standard InChI is InChI=1S/C16H22N2O/c1-11(18(2)3)9-12-10-17-14-6-7-15-13(16(12)14)5-4-8-19-15/h6-7,10-11,17H,4-5,8-9H2,1-3H3. The molecule has 0 amide bonds. The number of fused-ring (bicyclic) bond motifs is 3. The third kappa shape index (κ3) is 2.23. The van der Waals surface area contributed by atoms with Crippen LogP contribution in [0.15, 0.2) is 18.3 Å². The summed E-state index contributed by atoms with van der Waals surface area (Å²) in [6, 6.07) is 4.79. The summed E-state index contributed by atoms with van der Waals surface area (Å²) < 4.78 is 5.78. The lowest BCUT2D eigenvalue weighted by Gasteiger charge is -2.21. The molecule has 19 heavy (non-hydrogen) atoms. The first-order chi connectivity index (χ1) is 9.16. The number of aryl methyl sites for hydroxylation is 1. The maximum absolute atomic E-state index is 5.78. The van der Waals surface area contributed by atoms with Crippen LogP contribution in [0.2, 0.25) is 0 Å². The summed E-state index contributed by atoms with van der Waals surface area (Å²) in [4.78, 5) is 5.68. The van der Waals surface area contributed by atoms with Gasteiger partial charge in [0.25, 0.3) is 0 Å². The fraction of sp³-hybridized carbons (Fsp3) is 0.500. The van der Waals surface area contributed by atoms with Crippen molar-refractivity contribution in [3.63, 3.8) is 0 Å². The van der Waals surface area contributed by atoms with Crippen LogP contribution in [0.25, 0.3) is 10.9 Å². The Morgan fingerprint density at radius 1 is 1.37 bits per heavy atom. The predicted molar refractivity (Wildman–Crippen MR) is 79.0 cm³/mol. The fourth-order valence-electron chi connectivity index (χ4n) is 2.83. The minimum atomic E-state index is 0.541. The predicted octanol–water partition coefficient (Wildman–Crippen LogP) is 2.99. The van der Waals surface area contributed by atoms with Crippen molar-refractivity contribution in [2.75, 3.05) is 20.7 Å². The largest absolute Gasteiger partial charge is 0.493 e. The van der Waals surface area contributed by atoms with E-state index in [2.05, 4.69) is 49.2 Å². The number of ether oxygens (including phenoxy) is 1. The molecule has 2 heterocycles. The number of likely N-dealkylation sites (N-methyl/N-ethyl adjacent to an activating group) is 1. The summed E-state index contributed by atoms with van der Waals surface area (Å²) in [6.45, 7) is 3.12. The number of rotatable bonds is 3. The number of nitrogens with one attached hydrogen (secondary N) is 1. The molecule has 1 aliphatic heterocycles. The Hall–Kier alpha value is -1.48. The van der Waals surface area contributed by atoms with Gasteiger partial charge in [0.2, 0.25) is 0 Å². The van der Waals surface area contributed by atoms with Crippen molar-refractivity contribution in [2.45, 2.75) is 32.2 Å². The van der Waals surface area contributed by atoms with Crippen LogP contribution in [0, 0.1) is 0 Å². The maximum Gasteiger partial charge on any atom is 0.123 e. The van der Waals surface area contributed by atoms with Crippen LogP contribution in [0.3, 0.4) is 0 Å². The highest BCUT2D eigenvalue weighted by molar-refractivity contribution is 5.89. The molecular weight excluding hydrogens is 236 g/mol. The molecule has 3 nitrogen and oxygen atoms in total. The summed E-state index contributed by atoms with van der Waals surface area (Å²) in [6.07, 6.45) is 5.50. The Labute approximate surface area is 114 Å². The number of nitrogens with zero attached hydrogens (tertiary/aromatic N) is 1. The molecule has 0 spiro atoms. The number of aromatic amines is 1. The summed E-state index contributed by atoms with van der Waals surface area (Å²) in [7, 11) is 4.27. The topological polar surface area (TPSA) is 28.3 Å². The Balaban J connectivity index is 2.05. The second-order valence-electron chi connectivity index (χ2n) is 5.75. The third-order valence-electron chi connectivity index (χ3n) is 4.22. The van der Waals surface area contributed by atoms with Crippen LogP contribution >= 0.6 is 0 Å². The SMILES string of the molecule is CC(Cc1c[nH]c2ccc3c(c12)CCCO3)N(C)C. The van der Waals surface area contributed by atoms with E-state index in [1.165, 1.54) is 22.0 Å². The zero-order chi connectivity index (χ0) is 13.4. The van der Waals surface area contributed by atoms with Gasteiger partial charge < -0.3 is 14.6 Å². The van der Waals surface area contributed by atoms with Crippen LogP contribution < -0.4 is 4.74 Å². The molecule has 1 aromatic carbocycles. The molecule has 2 aromatic rings. The quantitative estimate of drug-likeness (QED) is 0.916. The fourth-order valence-corrected chi connectivity index (χ4v) is 2.83. The zero-order valence-electron chi connectivity index (χ0n) is 12.0. The van der Waals surface area contributed by atoms with E-state index >= 15 is 0 Å². The lowest BCUT2D eigenvalue weighted by molar-refractivity contribution is 0.289. The molecule has 1 atom stereocenters. The lowest BCUT2D eigenvalue weighted by atomic mass is 9.97. The van der Waals surface area contributed by atoms with Gasteiger partial charge in [-0.1, -0.05) is 0 Å². The summed E-state index contributed by atoms with van der Waals surface area (Å²) in [5, 5.41) is 1.39. The third-order valence-corrected chi connectivity index (χ3v) is 4.22. The van der Waals surface area contributed by atoms with Crippen LogP contribution in [-0.2, 0) is 12.8 Å². The van der Waals surface area contributed by atoms with Gasteiger partial charge in [-0.05, 0) is 58.0 Å². The van der Waals surface area contributed by atoms with Gasteiger partial charge in [-0.3, -0.25) is 0 Å². The van der Waals surface area contributed by atoms with Gasteiger partial charge in [-0.2, -0.15) is 0 Å². The van der Waals surface area contributed by atoms with E-state index < -0.39 is 0 Å². The van der Waals surface area contributed by atoms with Crippen LogP contribution in [0.5, 0.6) is 5.75 Å². The number of H-pyrrole nitrogens is 1. The molecular formula is C16H22N2O. The zero-order valence-corrected chi connectivity index (χ0v) is 12.0. The van der Waals surface area contributed by atoms with Crippen LogP contribution in [0.1, 0.15) is 24.5 Å². The molecule has 0 radical (unpaired) electrons. The summed E-state index contributed by atoms with van der Waals surface area (Å²) in [5.74, 6) is 1.08. The molecule has 0 aliphatic carbocycles. The molecule has 1 aromatic heterocycles. The summed E-state index contributed by atoms with van der Waals surface area (Å²) >= 11 is 0. The Kier molecular flexibility index (Phi) is 3.23. The van der Waals surface area contributed by atoms with Crippen molar-refractivity contribution < 1.29 is 4.74 Å². The van der Waals surface area contributed by atoms with E-state index in [0.717, 1.165) is 31.6 Å². The highest BCUT2D eigenvalue weighted by Crippen LogP contribution is 2.34. The highest BCUT2D eigenvalue weighted by atomic mass is 16.5. The number of hydrogen-bond acceptors (Lipinski definition) is 2. The highest BCUT2D eigenvalue weighted by Gasteiger charge is 2.18. The van der Waals surface area contributed by atoms with Gasteiger partial charge >= 0.3 is 0 Å². The smallest absolute Gasteiger partial charge is 0.123 e. The van der Waals surface area contributed by atoms with Gasteiger partial charge in [-0.25, -0.2) is 0 Å². The lowest BCUT2D eigenvalue weighted by Crippen LogP contribution is -2.26. The van der Waals surface area contributed by atoms with Crippen molar-refractivity contribution in [2.24, 2.45) is 0 Å². The first-order valence-corrected chi connectivity index (χ1v) is 7.08. The normalized spacial score (nSPS) is 16.4. The van der Waals surface area contributed by atoms with E-state index in [1.807, 2.05) is 0 Å². The Morgan fingerprint density at radius 3 is 3.00 bits per heavy atom. The molecule has 0 saturated carbocycles. The second kappa shape index (κ2) is 4.89. The monoisotopic (exact) mass is 258 g/mol. The molecule has 1 unspecified atom stereocenters. The average Bonchev–Trinajstić information content (AvgIpc) is 2.82. The molecule has 0 fully saturated rings. The number of benzene rings is 1. The van der Waals surface area contributed by atoms with E-state index in [9.17, 15) is 0 Å². The molecule has 1 aliphatic rings. The number of aromatic nitrogens is 1. The second-order valence-corrected chi connectivity index (χ2v) is 5.75. The Bertz CT molecular complexity index is 586. The van der Waals surface area contributed by atoms with E-state index in [0.29, 0.717) is 6.04 Å².